The molecule has 1 aliphatic carbocycles. The lowest BCUT2D eigenvalue weighted by molar-refractivity contribution is -0.192. The van der Waals surface area contributed by atoms with E-state index in [2.05, 4.69) is 10.4 Å². The van der Waals surface area contributed by atoms with Crippen molar-refractivity contribution in [3.8, 4) is 11.1 Å². The van der Waals surface area contributed by atoms with Crippen molar-refractivity contribution in [3.05, 3.63) is 89.5 Å². The van der Waals surface area contributed by atoms with Gasteiger partial charge in [0.1, 0.15) is 0 Å². The SMILES string of the molecule is NN=Cc1cccc(C2=C(C(=O)Nc3ccc(-c4ccccc4S(N)(=O)=O)cc3)CCC2)c1.O=C(O)C(F)(F)F. The fourth-order valence-corrected chi connectivity index (χ4v) is 4.86. The summed E-state index contributed by atoms with van der Waals surface area (Å²) < 4.78 is 55.5. The van der Waals surface area contributed by atoms with Crippen molar-refractivity contribution in [1.82, 2.24) is 0 Å². The monoisotopic (exact) mass is 574 g/mol. The van der Waals surface area contributed by atoms with Gasteiger partial charge in [-0.25, -0.2) is 18.4 Å². The third-order valence-electron chi connectivity index (χ3n) is 5.84. The Morgan fingerprint density at radius 3 is 2.20 bits per heavy atom. The van der Waals surface area contributed by atoms with E-state index in [1.807, 2.05) is 24.3 Å². The van der Waals surface area contributed by atoms with Gasteiger partial charge >= 0.3 is 12.1 Å². The number of alkyl halides is 3. The molecule has 0 saturated heterocycles. The van der Waals surface area contributed by atoms with E-state index in [1.165, 1.54) is 6.07 Å². The minimum atomic E-state index is -5.08. The number of rotatable bonds is 6. The van der Waals surface area contributed by atoms with Gasteiger partial charge < -0.3 is 16.3 Å². The van der Waals surface area contributed by atoms with Crippen LogP contribution in [0.1, 0.15) is 30.4 Å². The van der Waals surface area contributed by atoms with Crippen molar-refractivity contribution in [2.45, 2.75) is 30.3 Å². The highest BCUT2D eigenvalue weighted by atomic mass is 32.2. The zero-order valence-electron chi connectivity index (χ0n) is 20.9. The molecule has 0 bridgehead atoms. The zero-order chi connectivity index (χ0) is 29.5. The average Bonchev–Trinajstić information content (AvgIpc) is 3.39. The van der Waals surface area contributed by atoms with Gasteiger partial charge in [-0.3, -0.25) is 4.79 Å². The lowest BCUT2D eigenvalue weighted by Crippen LogP contribution is -2.21. The smallest absolute Gasteiger partial charge is 0.475 e. The first kappa shape index (κ1) is 30.1. The molecule has 210 valence electrons. The summed E-state index contributed by atoms with van der Waals surface area (Å²) in [5.74, 6) is 2.36. The molecule has 0 atom stereocenters. The number of sulfonamides is 1. The maximum absolute atomic E-state index is 13.0. The second-order valence-electron chi connectivity index (χ2n) is 8.59. The Hall–Kier alpha value is -4.49. The number of carbonyl (C=O) groups excluding carboxylic acids is 1. The number of nitrogens with one attached hydrogen (secondary N) is 1. The molecule has 9 nitrogen and oxygen atoms in total. The van der Waals surface area contributed by atoms with Crippen molar-refractivity contribution in [3.63, 3.8) is 0 Å². The predicted octanol–water partition coefficient (Wildman–Crippen LogP) is 4.50. The van der Waals surface area contributed by atoms with Crippen molar-refractivity contribution in [1.29, 1.82) is 0 Å². The number of carboxylic acid groups (broad SMARTS) is 1. The number of aliphatic carboxylic acids is 1. The molecule has 0 fully saturated rings. The summed E-state index contributed by atoms with van der Waals surface area (Å²) in [5.41, 5.74) is 5.49. The lowest BCUT2D eigenvalue weighted by Gasteiger charge is -2.11. The van der Waals surface area contributed by atoms with E-state index >= 15 is 0 Å². The highest BCUT2D eigenvalue weighted by Gasteiger charge is 2.38. The summed E-state index contributed by atoms with van der Waals surface area (Å²) in [6.07, 6.45) is -1.06. The fourth-order valence-electron chi connectivity index (χ4n) is 4.10. The molecular weight excluding hydrogens is 549 g/mol. The molecule has 40 heavy (non-hydrogen) atoms. The highest BCUT2D eigenvalue weighted by Crippen LogP contribution is 2.35. The summed E-state index contributed by atoms with van der Waals surface area (Å²) >= 11 is 0. The second kappa shape index (κ2) is 12.6. The standard InChI is InChI=1S/C25H24N4O3S.C2HF3O2/c26-28-16-17-5-3-6-19(15-17)21-8-4-9-23(21)25(30)29-20-13-11-18(12-14-20)22-7-1-2-10-24(22)33(27,31)32;3-2(4,5)1(6)7/h1-3,5-7,10-16H,4,8-9,26H2,(H,29,30)(H2,27,31,32);(H,6,7). The first-order valence-corrected chi connectivity index (χ1v) is 13.3. The molecule has 0 saturated carbocycles. The van der Waals surface area contributed by atoms with Crippen LogP contribution in [0.2, 0.25) is 0 Å². The van der Waals surface area contributed by atoms with Crippen LogP contribution in [0.4, 0.5) is 18.9 Å². The molecule has 0 radical (unpaired) electrons. The van der Waals surface area contributed by atoms with Gasteiger partial charge in [0.2, 0.25) is 10.0 Å². The van der Waals surface area contributed by atoms with Crippen molar-refractivity contribution >= 4 is 39.4 Å². The van der Waals surface area contributed by atoms with Crippen LogP contribution in [0.3, 0.4) is 0 Å². The van der Waals surface area contributed by atoms with Crippen LogP contribution in [-0.4, -0.2) is 37.8 Å². The van der Waals surface area contributed by atoms with Crippen LogP contribution in [-0.2, 0) is 19.6 Å². The van der Waals surface area contributed by atoms with E-state index in [1.54, 1.807) is 48.7 Å². The van der Waals surface area contributed by atoms with Gasteiger partial charge in [0.05, 0.1) is 11.1 Å². The van der Waals surface area contributed by atoms with Crippen LogP contribution in [0.5, 0.6) is 0 Å². The van der Waals surface area contributed by atoms with Crippen LogP contribution >= 0.6 is 0 Å². The number of carboxylic acids is 1. The van der Waals surface area contributed by atoms with E-state index in [9.17, 15) is 26.4 Å². The van der Waals surface area contributed by atoms with E-state index in [0.717, 1.165) is 35.1 Å². The molecule has 0 spiro atoms. The number of benzene rings is 3. The highest BCUT2D eigenvalue weighted by molar-refractivity contribution is 7.89. The molecule has 0 aliphatic heterocycles. The molecule has 0 heterocycles. The molecule has 0 unspecified atom stereocenters. The Kier molecular flexibility index (Phi) is 9.45. The Bertz CT molecular complexity index is 1570. The molecule has 4 rings (SSSR count). The summed E-state index contributed by atoms with van der Waals surface area (Å²) in [6.45, 7) is 0. The average molecular weight is 575 g/mol. The molecule has 6 N–H and O–H groups in total. The summed E-state index contributed by atoms with van der Waals surface area (Å²) in [7, 11) is -3.85. The number of allylic oxidation sites excluding steroid dienone is 1. The molecule has 0 aromatic heterocycles. The van der Waals surface area contributed by atoms with Gasteiger partial charge in [0, 0.05) is 16.8 Å². The normalized spacial score (nSPS) is 13.6. The summed E-state index contributed by atoms with van der Waals surface area (Å²) in [4.78, 5) is 22.0. The first-order chi connectivity index (χ1) is 18.8. The largest absolute Gasteiger partial charge is 0.490 e. The Morgan fingerprint density at radius 2 is 1.60 bits per heavy atom. The number of primary sulfonamides is 1. The number of amides is 1. The van der Waals surface area contributed by atoms with E-state index in [-0.39, 0.29) is 10.8 Å². The molecule has 3 aromatic carbocycles. The minimum Gasteiger partial charge on any atom is -0.475 e. The zero-order valence-corrected chi connectivity index (χ0v) is 21.7. The van der Waals surface area contributed by atoms with Gasteiger partial charge in [-0.2, -0.15) is 18.3 Å². The van der Waals surface area contributed by atoms with Gasteiger partial charge in [-0.15, -0.1) is 0 Å². The first-order valence-electron chi connectivity index (χ1n) is 11.7. The summed E-state index contributed by atoms with van der Waals surface area (Å²) in [6, 6.07) is 21.4. The maximum atomic E-state index is 13.0. The number of anilines is 1. The van der Waals surface area contributed by atoms with E-state index in [4.69, 9.17) is 20.9 Å². The Labute approximate surface area is 228 Å². The van der Waals surface area contributed by atoms with Crippen LogP contribution < -0.4 is 16.3 Å². The molecule has 3 aromatic rings. The predicted molar refractivity (Wildman–Crippen MR) is 145 cm³/mol. The number of nitrogens with two attached hydrogens (primary N) is 2. The lowest BCUT2D eigenvalue weighted by atomic mass is 9.99. The van der Waals surface area contributed by atoms with Crippen molar-refractivity contribution in [2.75, 3.05) is 5.32 Å². The number of hydrogen-bond acceptors (Lipinski definition) is 6. The van der Waals surface area contributed by atoms with Crippen molar-refractivity contribution in [2.24, 2.45) is 16.1 Å². The van der Waals surface area contributed by atoms with Gasteiger partial charge in [-0.1, -0.05) is 48.5 Å². The molecular formula is C27H25F3N4O5S. The van der Waals surface area contributed by atoms with Crippen LogP contribution in [0.15, 0.2) is 88.4 Å². The van der Waals surface area contributed by atoms with Crippen molar-refractivity contribution < 1.29 is 36.3 Å². The third-order valence-corrected chi connectivity index (χ3v) is 6.81. The molecule has 1 aliphatic rings. The Morgan fingerprint density at radius 1 is 0.950 bits per heavy atom. The maximum Gasteiger partial charge on any atom is 0.490 e. The number of hydrazone groups is 1. The number of hydrogen-bond donors (Lipinski definition) is 4. The second-order valence-corrected chi connectivity index (χ2v) is 10.1. The molecule has 13 heteroatoms. The van der Waals surface area contributed by atoms with Crippen LogP contribution in [0, 0.1) is 0 Å². The summed E-state index contributed by atoms with van der Waals surface area (Å²) in [5, 5.41) is 19.0. The van der Waals surface area contributed by atoms with Crippen LogP contribution in [0.25, 0.3) is 16.7 Å². The third kappa shape index (κ3) is 7.77. The number of nitrogens with zero attached hydrogens (tertiary/aromatic N) is 1. The number of carbonyl (C=O) groups is 2. The quantitative estimate of drug-likeness (QED) is 0.192. The fraction of sp³-hybridized carbons (Fsp3) is 0.148. The van der Waals surface area contributed by atoms with E-state index < -0.39 is 22.2 Å². The Balaban J connectivity index is 0.000000559. The topological polar surface area (TPSA) is 165 Å². The van der Waals surface area contributed by atoms with Gasteiger partial charge in [0.25, 0.3) is 5.91 Å². The minimum absolute atomic E-state index is 0.0597. The molecule has 1 amide bonds. The van der Waals surface area contributed by atoms with Gasteiger partial charge in [0.15, 0.2) is 0 Å². The van der Waals surface area contributed by atoms with E-state index in [0.29, 0.717) is 23.2 Å². The number of halogens is 3. The van der Waals surface area contributed by atoms with Gasteiger partial charge in [-0.05, 0) is 65.8 Å².